The van der Waals surface area contributed by atoms with E-state index in [4.69, 9.17) is 4.42 Å². The third-order valence-electron chi connectivity index (χ3n) is 5.67. The van der Waals surface area contributed by atoms with Gasteiger partial charge in [0.15, 0.2) is 5.76 Å². The lowest BCUT2D eigenvalue weighted by Gasteiger charge is -2.23. The number of nitrogens with one attached hydrogen (secondary N) is 1. The number of hydrogen-bond donors (Lipinski definition) is 1. The zero-order valence-electron chi connectivity index (χ0n) is 19.8. The highest BCUT2D eigenvalue weighted by molar-refractivity contribution is 6.02. The summed E-state index contributed by atoms with van der Waals surface area (Å²) in [7, 11) is 0. The normalized spacial score (nSPS) is 10.8. The van der Waals surface area contributed by atoms with Gasteiger partial charge in [-0.2, -0.15) is 0 Å². The minimum Gasteiger partial charge on any atom is -0.454 e. The van der Waals surface area contributed by atoms with Crippen LogP contribution in [0.2, 0.25) is 0 Å². The molecule has 0 unspecified atom stereocenters. The maximum absolute atomic E-state index is 13.1. The van der Waals surface area contributed by atoms with Crippen molar-refractivity contribution in [2.75, 3.05) is 11.9 Å². The van der Waals surface area contributed by atoms with Crippen molar-refractivity contribution < 1.29 is 18.4 Å². The molecule has 1 N–H and O–H groups in total. The van der Waals surface area contributed by atoms with E-state index in [2.05, 4.69) is 12.2 Å². The van der Waals surface area contributed by atoms with Crippen molar-refractivity contribution in [3.05, 3.63) is 113 Å². The zero-order chi connectivity index (χ0) is 24.8. The number of aromatic nitrogens is 1. The fourth-order valence-electron chi connectivity index (χ4n) is 3.82. The summed E-state index contributed by atoms with van der Waals surface area (Å²) in [5.41, 5.74) is 3.23. The Kier molecular flexibility index (Phi) is 7.45. The zero-order valence-corrected chi connectivity index (χ0v) is 19.8. The van der Waals surface area contributed by atoms with Crippen LogP contribution in [-0.4, -0.2) is 27.8 Å². The van der Waals surface area contributed by atoms with Crippen LogP contribution >= 0.6 is 0 Å². The summed E-state index contributed by atoms with van der Waals surface area (Å²) in [5.74, 6) is -0.00608. The van der Waals surface area contributed by atoms with Gasteiger partial charge in [-0.3, -0.25) is 9.59 Å². The third-order valence-corrected chi connectivity index (χ3v) is 5.67. The predicted octanol–water partition coefficient (Wildman–Crippen LogP) is 5.88. The first-order valence-corrected chi connectivity index (χ1v) is 11.6. The fraction of sp³-hybridized carbons (Fsp3) is 0.214. The molecule has 0 bridgehead atoms. The van der Waals surface area contributed by atoms with Crippen LogP contribution in [0.4, 0.5) is 10.1 Å². The number of amides is 2. The Balaban J connectivity index is 1.43. The van der Waals surface area contributed by atoms with Gasteiger partial charge in [-0.05, 0) is 74.0 Å². The Bertz CT molecular complexity index is 1290. The molecule has 180 valence electrons. The Morgan fingerprint density at radius 2 is 1.74 bits per heavy atom. The molecule has 2 aromatic heterocycles. The van der Waals surface area contributed by atoms with Crippen molar-refractivity contribution in [2.24, 2.45) is 0 Å². The average Bonchev–Trinajstić information content (AvgIpc) is 3.50. The van der Waals surface area contributed by atoms with Crippen LogP contribution < -0.4 is 5.32 Å². The number of benzene rings is 2. The molecule has 35 heavy (non-hydrogen) atoms. The second kappa shape index (κ2) is 10.9. The maximum Gasteiger partial charge on any atom is 0.291 e. The molecule has 2 amide bonds. The van der Waals surface area contributed by atoms with E-state index in [0.717, 1.165) is 17.7 Å². The summed E-state index contributed by atoms with van der Waals surface area (Å²) >= 11 is 0. The van der Waals surface area contributed by atoms with Crippen LogP contribution in [-0.2, 0) is 13.1 Å². The van der Waals surface area contributed by atoms with Crippen LogP contribution in [0.3, 0.4) is 0 Å². The lowest BCUT2D eigenvalue weighted by atomic mass is 10.1. The highest BCUT2D eigenvalue weighted by Crippen LogP contribution is 2.17. The molecule has 0 aliphatic heterocycles. The van der Waals surface area contributed by atoms with E-state index < -0.39 is 5.91 Å². The first kappa shape index (κ1) is 24.0. The third kappa shape index (κ3) is 6.06. The van der Waals surface area contributed by atoms with Crippen LogP contribution in [0.15, 0.2) is 83.4 Å². The summed E-state index contributed by atoms with van der Waals surface area (Å²) < 4.78 is 20.8. The standard InChI is InChI=1S/C28H28FN3O3/c1-3-16-32(28(34)21-8-6-20(2)7-9-21)18-24-5-4-17-31(24)19-25-14-15-26(35-25)27(33)30-23-12-10-22(29)11-13-23/h4-15,17H,3,16,18-19H2,1-2H3,(H,30,33). The minimum atomic E-state index is -0.409. The summed E-state index contributed by atoms with van der Waals surface area (Å²) in [6.07, 6.45) is 2.78. The lowest BCUT2D eigenvalue weighted by molar-refractivity contribution is 0.0739. The van der Waals surface area contributed by atoms with Gasteiger partial charge in [-0.15, -0.1) is 0 Å². The molecule has 0 saturated heterocycles. The molecule has 4 rings (SSSR count). The highest BCUT2D eigenvalue weighted by atomic mass is 19.1. The number of aryl methyl sites for hydroxylation is 1. The number of carbonyl (C=O) groups excluding carboxylic acids is 2. The predicted molar refractivity (Wildman–Crippen MR) is 133 cm³/mol. The lowest BCUT2D eigenvalue weighted by Crippen LogP contribution is -2.32. The summed E-state index contributed by atoms with van der Waals surface area (Å²) in [6, 6.07) is 20.4. The van der Waals surface area contributed by atoms with Gasteiger partial charge >= 0.3 is 0 Å². The number of nitrogens with zero attached hydrogens (tertiary/aromatic N) is 2. The fourth-order valence-corrected chi connectivity index (χ4v) is 3.82. The minimum absolute atomic E-state index is 0.00245. The van der Waals surface area contributed by atoms with E-state index in [1.54, 1.807) is 12.1 Å². The van der Waals surface area contributed by atoms with Crippen molar-refractivity contribution in [1.82, 2.24) is 9.47 Å². The van der Waals surface area contributed by atoms with Crippen LogP contribution in [0.5, 0.6) is 0 Å². The molecule has 0 saturated carbocycles. The molecular formula is C28H28FN3O3. The van der Waals surface area contributed by atoms with Gasteiger partial charge in [0, 0.05) is 29.7 Å². The monoisotopic (exact) mass is 473 g/mol. The summed E-state index contributed by atoms with van der Waals surface area (Å²) in [5, 5.41) is 2.69. The second-order valence-electron chi connectivity index (χ2n) is 8.45. The van der Waals surface area contributed by atoms with Crippen molar-refractivity contribution >= 4 is 17.5 Å². The molecule has 6 nitrogen and oxygen atoms in total. The van der Waals surface area contributed by atoms with E-state index in [9.17, 15) is 14.0 Å². The van der Waals surface area contributed by atoms with Gasteiger partial charge in [0.2, 0.25) is 0 Å². The van der Waals surface area contributed by atoms with Crippen molar-refractivity contribution in [3.8, 4) is 0 Å². The van der Waals surface area contributed by atoms with E-state index >= 15 is 0 Å². The first-order chi connectivity index (χ1) is 16.9. The van der Waals surface area contributed by atoms with Gasteiger partial charge in [0.25, 0.3) is 11.8 Å². The summed E-state index contributed by atoms with van der Waals surface area (Å²) in [4.78, 5) is 27.4. The topological polar surface area (TPSA) is 67.5 Å². The molecular weight excluding hydrogens is 445 g/mol. The van der Waals surface area contributed by atoms with Crippen molar-refractivity contribution in [2.45, 2.75) is 33.4 Å². The number of carbonyl (C=O) groups is 2. The van der Waals surface area contributed by atoms with Crippen LogP contribution in [0.1, 0.15) is 51.3 Å². The van der Waals surface area contributed by atoms with Crippen molar-refractivity contribution in [3.63, 3.8) is 0 Å². The van der Waals surface area contributed by atoms with E-state index in [0.29, 0.717) is 36.6 Å². The number of furan rings is 1. The molecule has 0 fully saturated rings. The van der Waals surface area contributed by atoms with Crippen LogP contribution in [0, 0.1) is 12.7 Å². The average molecular weight is 474 g/mol. The van der Waals surface area contributed by atoms with Gasteiger partial charge < -0.3 is 19.2 Å². The Morgan fingerprint density at radius 1 is 1.00 bits per heavy atom. The van der Waals surface area contributed by atoms with Gasteiger partial charge in [-0.25, -0.2) is 4.39 Å². The van der Waals surface area contributed by atoms with Crippen molar-refractivity contribution in [1.29, 1.82) is 0 Å². The maximum atomic E-state index is 13.1. The quantitative estimate of drug-likeness (QED) is 0.330. The molecule has 7 heteroatoms. The van der Waals surface area contributed by atoms with E-state index in [1.165, 1.54) is 24.3 Å². The summed E-state index contributed by atoms with van der Waals surface area (Å²) in [6.45, 7) is 5.58. The molecule has 4 aromatic rings. The Hall–Kier alpha value is -4.13. The number of hydrogen-bond acceptors (Lipinski definition) is 3. The first-order valence-electron chi connectivity index (χ1n) is 11.6. The molecule has 2 heterocycles. The molecule has 0 radical (unpaired) electrons. The number of anilines is 1. The molecule has 0 spiro atoms. The molecule has 0 aliphatic carbocycles. The number of rotatable bonds is 9. The Labute approximate surface area is 204 Å². The van der Waals surface area contributed by atoms with Crippen LogP contribution in [0.25, 0.3) is 0 Å². The Morgan fingerprint density at radius 3 is 2.46 bits per heavy atom. The van der Waals surface area contributed by atoms with E-state index in [-0.39, 0.29) is 17.5 Å². The largest absolute Gasteiger partial charge is 0.454 e. The molecule has 2 aromatic carbocycles. The second-order valence-corrected chi connectivity index (χ2v) is 8.45. The number of halogens is 1. The molecule has 0 atom stereocenters. The molecule has 0 aliphatic rings. The SMILES string of the molecule is CCCN(Cc1cccn1Cc1ccc(C(=O)Nc2ccc(F)cc2)o1)C(=O)c1ccc(C)cc1. The van der Waals surface area contributed by atoms with Gasteiger partial charge in [-0.1, -0.05) is 24.6 Å². The van der Waals surface area contributed by atoms with E-state index in [1.807, 2.05) is 59.0 Å². The van der Waals surface area contributed by atoms with Gasteiger partial charge in [0.1, 0.15) is 11.6 Å². The van der Waals surface area contributed by atoms with Gasteiger partial charge in [0.05, 0.1) is 13.1 Å². The highest BCUT2D eigenvalue weighted by Gasteiger charge is 2.18. The smallest absolute Gasteiger partial charge is 0.291 e.